The second kappa shape index (κ2) is 8.85. The summed E-state index contributed by atoms with van der Waals surface area (Å²) in [5, 5.41) is 33.2. The van der Waals surface area contributed by atoms with Crippen molar-refractivity contribution in [3.05, 3.63) is 106 Å². The molecule has 5 nitrogen and oxygen atoms in total. The van der Waals surface area contributed by atoms with Crippen LogP contribution in [0.1, 0.15) is 39.3 Å². The van der Waals surface area contributed by atoms with Gasteiger partial charge in [-0.1, -0.05) is 48.5 Å². The number of para-hydroxylation sites is 1. The summed E-state index contributed by atoms with van der Waals surface area (Å²) in [4.78, 5) is 0. The Hall–Kier alpha value is -3.53. The van der Waals surface area contributed by atoms with Gasteiger partial charge in [0.2, 0.25) is 0 Å². The molecule has 36 heavy (non-hydrogen) atoms. The molecular weight excluding hydrogens is 471 g/mol. The summed E-state index contributed by atoms with van der Waals surface area (Å²) < 4.78 is 21.1. The Balaban J connectivity index is 1.77. The molecule has 1 heterocycles. The molecule has 2 unspecified atom stereocenters. The van der Waals surface area contributed by atoms with Crippen LogP contribution in [0.5, 0.6) is 17.2 Å². The first-order chi connectivity index (χ1) is 17.1. The number of aromatic hydroxyl groups is 2. The highest BCUT2D eigenvalue weighted by molar-refractivity contribution is 7.68. The number of hydrogen-bond acceptors (Lipinski definition) is 5. The quantitative estimate of drug-likeness (QED) is 0.281. The first kappa shape index (κ1) is 24.2. The minimum atomic E-state index is -3.88. The molecule has 6 heteroatoms. The van der Waals surface area contributed by atoms with Gasteiger partial charge in [-0.15, -0.1) is 0 Å². The molecular formula is C30H29O5P. The van der Waals surface area contributed by atoms with E-state index in [0.717, 1.165) is 33.4 Å². The summed E-state index contributed by atoms with van der Waals surface area (Å²) in [7, 11) is -3.88. The molecule has 1 aliphatic heterocycles. The zero-order valence-corrected chi connectivity index (χ0v) is 21.6. The van der Waals surface area contributed by atoms with Gasteiger partial charge in [0.15, 0.2) is 5.85 Å². The Labute approximate surface area is 211 Å². The first-order valence-corrected chi connectivity index (χ1v) is 13.6. The van der Waals surface area contributed by atoms with Crippen molar-refractivity contribution in [3.8, 4) is 28.4 Å². The molecule has 0 fully saturated rings. The summed E-state index contributed by atoms with van der Waals surface area (Å²) in [6.45, 7) is 7.30. The molecule has 2 atom stereocenters. The van der Waals surface area contributed by atoms with E-state index in [9.17, 15) is 19.9 Å². The van der Waals surface area contributed by atoms with Gasteiger partial charge >= 0.3 is 7.37 Å². The lowest BCUT2D eigenvalue weighted by Gasteiger charge is -2.36. The molecule has 5 rings (SSSR count). The second-order valence-electron chi connectivity index (χ2n) is 9.58. The fourth-order valence-corrected chi connectivity index (χ4v) is 7.62. The molecule has 0 aliphatic carbocycles. The Morgan fingerprint density at radius 3 is 1.78 bits per heavy atom. The molecule has 0 spiro atoms. The van der Waals surface area contributed by atoms with E-state index in [1.54, 1.807) is 44.2 Å². The Morgan fingerprint density at radius 1 is 0.694 bits per heavy atom. The summed E-state index contributed by atoms with van der Waals surface area (Å²) >= 11 is 0. The molecule has 0 aromatic heterocycles. The van der Waals surface area contributed by atoms with E-state index in [0.29, 0.717) is 22.2 Å². The summed E-state index contributed by atoms with van der Waals surface area (Å²) in [6, 6.07) is 21.7. The number of rotatable bonds is 4. The standard InChI is InChI=1S/C30H29O5P/c1-17-15-25(31)19(3)13-23(17)29(24-14-20(4)26(32)16-18(24)2)30(33)36(34)28-12-8-6-10-22(28)21-9-5-7-11-27(21)35-36/h5-16,29-33H,1-4H3. The molecule has 1 aliphatic rings. The van der Waals surface area contributed by atoms with Crippen LogP contribution < -0.4 is 9.83 Å². The first-order valence-electron chi connectivity index (χ1n) is 11.9. The van der Waals surface area contributed by atoms with E-state index in [1.807, 2.05) is 56.3 Å². The van der Waals surface area contributed by atoms with Gasteiger partial charge in [-0.2, -0.15) is 0 Å². The second-order valence-corrected chi connectivity index (χ2v) is 12.0. The molecule has 184 valence electrons. The molecule has 0 saturated carbocycles. The van der Waals surface area contributed by atoms with Gasteiger partial charge in [-0.3, -0.25) is 4.57 Å². The van der Waals surface area contributed by atoms with E-state index < -0.39 is 19.1 Å². The van der Waals surface area contributed by atoms with Crippen molar-refractivity contribution in [1.82, 2.24) is 0 Å². The molecule has 0 saturated heterocycles. The van der Waals surface area contributed by atoms with Crippen LogP contribution in [0, 0.1) is 27.7 Å². The number of benzene rings is 4. The van der Waals surface area contributed by atoms with Gasteiger partial charge in [0.05, 0.1) is 5.30 Å². The van der Waals surface area contributed by atoms with Gasteiger partial charge in [0.25, 0.3) is 0 Å². The fourth-order valence-electron chi connectivity index (χ4n) is 5.14. The maximum absolute atomic E-state index is 14.9. The smallest absolute Gasteiger partial charge is 0.306 e. The fraction of sp³-hybridized carbons (Fsp3) is 0.200. The van der Waals surface area contributed by atoms with E-state index in [1.165, 1.54) is 0 Å². The number of aliphatic hydroxyl groups is 1. The van der Waals surface area contributed by atoms with Crippen molar-refractivity contribution in [2.24, 2.45) is 0 Å². The van der Waals surface area contributed by atoms with Gasteiger partial charge < -0.3 is 19.8 Å². The average Bonchev–Trinajstić information content (AvgIpc) is 2.85. The van der Waals surface area contributed by atoms with Crippen LogP contribution in [-0.4, -0.2) is 21.2 Å². The molecule has 0 amide bonds. The van der Waals surface area contributed by atoms with Crippen LogP contribution in [0.2, 0.25) is 0 Å². The Kier molecular flexibility index (Phi) is 5.94. The van der Waals surface area contributed by atoms with Crippen molar-refractivity contribution in [2.75, 3.05) is 0 Å². The van der Waals surface area contributed by atoms with Crippen molar-refractivity contribution in [1.29, 1.82) is 0 Å². The third-order valence-electron chi connectivity index (χ3n) is 7.14. The SMILES string of the molecule is Cc1cc(C(c2cc(C)c(O)cc2C)C(O)P2(=O)Oc3ccccc3-c3ccccc32)c(C)cc1O. The minimum absolute atomic E-state index is 0.155. The predicted octanol–water partition coefficient (Wildman–Crippen LogP) is 6.44. The zero-order valence-electron chi connectivity index (χ0n) is 20.7. The number of phenols is 2. The number of phenolic OH excluding ortho intramolecular Hbond substituents is 2. The van der Waals surface area contributed by atoms with Crippen LogP contribution in [0.3, 0.4) is 0 Å². The van der Waals surface area contributed by atoms with E-state index in [4.69, 9.17) is 4.52 Å². The van der Waals surface area contributed by atoms with Crippen LogP contribution in [0.4, 0.5) is 0 Å². The molecule has 3 N–H and O–H groups in total. The number of fused-ring (bicyclic) bond motifs is 3. The molecule has 4 aromatic rings. The average molecular weight is 501 g/mol. The molecule has 0 bridgehead atoms. The summed E-state index contributed by atoms with van der Waals surface area (Å²) in [5.41, 5.74) is 5.88. The summed E-state index contributed by atoms with van der Waals surface area (Å²) in [5.74, 6) is -1.40. The third kappa shape index (κ3) is 3.80. The van der Waals surface area contributed by atoms with Crippen molar-refractivity contribution < 1.29 is 24.4 Å². The van der Waals surface area contributed by atoms with Crippen molar-refractivity contribution >= 4 is 12.7 Å². The van der Waals surface area contributed by atoms with Crippen molar-refractivity contribution in [3.63, 3.8) is 0 Å². The minimum Gasteiger partial charge on any atom is -0.508 e. The van der Waals surface area contributed by atoms with Crippen LogP contribution in [0.25, 0.3) is 11.1 Å². The monoisotopic (exact) mass is 500 g/mol. The highest BCUT2D eigenvalue weighted by Crippen LogP contribution is 2.61. The number of hydrogen-bond donors (Lipinski definition) is 3. The van der Waals surface area contributed by atoms with Crippen molar-refractivity contribution in [2.45, 2.75) is 39.5 Å². The predicted molar refractivity (Wildman–Crippen MR) is 143 cm³/mol. The van der Waals surface area contributed by atoms with Gasteiger partial charge in [0, 0.05) is 11.5 Å². The normalized spacial score (nSPS) is 17.3. The maximum atomic E-state index is 14.9. The lowest BCUT2D eigenvalue weighted by molar-refractivity contribution is 0.217. The molecule has 4 aromatic carbocycles. The number of aliphatic hydroxyl groups excluding tert-OH is 1. The van der Waals surface area contributed by atoms with Gasteiger partial charge in [-0.05, 0) is 90.9 Å². The van der Waals surface area contributed by atoms with E-state index in [2.05, 4.69) is 0 Å². The Bertz CT molecular complexity index is 1480. The molecule has 0 radical (unpaired) electrons. The van der Waals surface area contributed by atoms with Gasteiger partial charge in [-0.25, -0.2) is 0 Å². The van der Waals surface area contributed by atoms with Crippen LogP contribution in [-0.2, 0) is 4.57 Å². The number of aryl methyl sites for hydroxylation is 4. The largest absolute Gasteiger partial charge is 0.508 e. The van der Waals surface area contributed by atoms with E-state index >= 15 is 0 Å². The summed E-state index contributed by atoms with van der Waals surface area (Å²) in [6.07, 6.45) is 0. The highest BCUT2D eigenvalue weighted by Gasteiger charge is 2.47. The maximum Gasteiger partial charge on any atom is 0.306 e. The zero-order chi connectivity index (χ0) is 25.8. The topological polar surface area (TPSA) is 87.0 Å². The lowest BCUT2D eigenvalue weighted by Crippen LogP contribution is -2.31. The van der Waals surface area contributed by atoms with Gasteiger partial charge in [0.1, 0.15) is 17.2 Å². The van der Waals surface area contributed by atoms with Crippen LogP contribution >= 0.6 is 7.37 Å². The third-order valence-corrected chi connectivity index (χ3v) is 9.66. The lowest BCUT2D eigenvalue weighted by atomic mass is 9.84. The van der Waals surface area contributed by atoms with Crippen LogP contribution in [0.15, 0.2) is 72.8 Å². The highest BCUT2D eigenvalue weighted by atomic mass is 31.2. The van der Waals surface area contributed by atoms with E-state index in [-0.39, 0.29) is 11.5 Å². The Morgan fingerprint density at radius 2 is 1.19 bits per heavy atom.